The van der Waals surface area contributed by atoms with E-state index in [-0.39, 0.29) is 11.9 Å². The van der Waals surface area contributed by atoms with Crippen molar-refractivity contribution in [2.45, 2.75) is 19.4 Å². The lowest BCUT2D eigenvalue weighted by Gasteiger charge is -2.21. The molecule has 0 saturated carbocycles. The lowest BCUT2D eigenvalue weighted by atomic mass is 9.93. The lowest BCUT2D eigenvalue weighted by Crippen LogP contribution is -2.28. The summed E-state index contributed by atoms with van der Waals surface area (Å²) in [5.74, 6) is -1.30. The average Bonchev–Trinajstić information content (AvgIpc) is 2.65. The summed E-state index contributed by atoms with van der Waals surface area (Å²) < 4.78 is 0. The molecule has 5 nitrogen and oxygen atoms in total. The number of amides is 1. The maximum atomic E-state index is 11.6. The van der Waals surface area contributed by atoms with E-state index in [0.29, 0.717) is 6.42 Å². The smallest absolute Gasteiger partial charge is 0.308 e. The summed E-state index contributed by atoms with van der Waals surface area (Å²) in [5, 5.41) is 12.2. The number of carboxylic acids is 1. The Morgan fingerprint density at radius 2 is 2.16 bits per heavy atom. The molecular weight excluding hydrogens is 244 g/mol. The average molecular weight is 262 g/mol. The zero-order chi connectivity index (χ0) is 14.2. The molecule has 102 valence electrons. The molecule has 2 unspecified atom stereocenters. The largest absolute Gasteiger partial charge is 0.481 e. The number of carbonyl (C=O) groups excluding carboxylic acids is 1. The van der Waals surface area contributed by atoms with Gasteiger partial charge < -0.3 is 15.3 Å². The molecular formula is C14H18N2O3. The molecule has 0 radical (unpaired) electrons. The fraction of sp³-hybridized carbons (Fsp3) is 0.429. The highest BCUT2D eigenvalue weighted by Gasteiger charge is 2.28. The first-order chi connectivity index (χ1) is 8.95. The number of aliphatic carboxylic acids is 1. The van der Waals surface area contributed by atoms with E-state index in [1.165, 1.54) is 0 Å². The van der Waals surface area contributed by atoms with Crippen LogP contribution in [0.2, 0.25) is 0 Å². The SMILES string of the molecule is CNC(c1ccc2c(c1)CC(=O)N2C)C(C)C(=O)O. The Morgan fingerprint density at radius 1 is 1.47 bits per heavy atom. The highest BCUT2D eigenvalue weighted by atomic mass is 16.4. The molecule has 1 aliphatic rings. The predicted octanol–water partition coefficient (Wildman–Crippen LogP) is 1.19. The third kappa shape index (κ3) is 2.33. The Morgan fingerprint density at radius 3 is 2.74 bits per heavy atom. The van der Waals surface area contributed by atoms with Gasteiger partial charge in [0.05, 0.1) is 12.3 Å². The maximum Gasteiger partial charge on any atom is 0.308 e. The van der Waals surface area contributed by atoms with Crippen molar-refractivity contribution < 1.29 is 14.7 Å². The van der Waals surface area contributed by atoms with Crippen molar-refractivity contribution in [2.24, 2.45) is 5.92 Å². The summed E-state index contributed by atoms with van der Waals surface area (Å²) >= 11 is 0. The van der Waals surface area contributed by atoms with Crippen LogP contribution in [0.25, 0.3) is 0 Å². The van der Waals surface area contributed by atoms with Gasteiger partial charge in [0, 0.05) is 18.8 Å². The van der Waals surface area contributed by atoms with E-state index in [9.17, 15) is 9.59 Å². The molecule has 0 spiro atoms. The molecule has 1 amide bonds. The summed E-state index contributed by atoms with van der Waals surface area (Å²) in [7, 11) is 3.50. The van der Waals surface area contributed by atoms with Crippen LogP contribution in [0.4, 0.5) is 5.69 Å². The lowest BCUT2D eigenvalue weighted by molar-refractivity contribution is -0.142. The van der Waals surface area contributed by atoms with E-state index in [1.54, 1.807) is 25.9 Å². The molecule has 1 aromatic rings. The van der Waals surface area contributed by atoms with Crippen LogP contribution in [-0.2, 0) is 16.0 Å². The first-order valence-corrected chi connectivity index (χ1v) is 6.25. The van der Waals surface area contributed by atoms with Crippen molar-refractivity contribution in [2.75, 3.05) is 19.0 Å². The number of hydrogen-bond acceptors (Lipinski definition) is 3. The molecule has 19 heavy (non-hydrogen) atoms. The molecule has 1 heterocycles. The third-order valence-electron chi connectivity index (χ3n) is 3.74. The van der Waals surface area contributed by atoms with E-state index >= 15 is 0 Å². The fourth-order valence-corrected chi connectivity index (χ4v) is 2.53. The van der Waals surface area contributed by atoms with Crippen LogP contribution in [-0.4, -0.2) is 31.1 Å². The number of hydrogen-bond donors (Lipinski definition) is 2. The van der Waals surface area contributed by atoms with Crippen molar-refractivity contribution in [1.82, 2.24) is 5.32 Å². The van der Waals surface area contributed by atoms with Gasteiger partial charge in [0.15, 0.2) is 0 Å². The molecule has 0 aliphatic carbocycles. The minimum atomic E-state index is -0.840. The van der Waals surface area contributed by atoms with E-state index < -0.39 is 11.9 Å². The minimum absolute atomic E-state index is 0.0689. The number of fused-ring (bicyclic) bond motifs is 1. The van der Waals surface area contributed by atoms with Gasteiger partial charge >= 0.3 is 5.97 Å². The van der Waals surface area contributed by atoms with E-state index in [0.717, 1.165) is 16.8 Å². The van der Waals surface area contributed by atoms with Gasteiger partial charge in [-0.05, 0) is 24.2 Å². The second kappa shape index (κ2) is 5.01. The molecule has 1 aromatic carbocycles. The summed E-state index contributed by atoms with van der Waals surface area (Å²) in [4.78, 5) is 24.4. The Labute approximate surface area is 112 Å². The Hall–Kier alpha value is -1.88. The van der Waals surface area contributed by atoms with Gasteiger partial charge in [-0.15, -0.1) is 0 Å². The topological polar surface area (TPSA) is 69.6 Å². The van der Waals surface area contributed by atoms with E-state index in [2.05, 4.69) is 5.32 Å². The number of likely N-dealkylation sites (N-methyl/N-ethyl adjacent to an activating group) is 1. The summed E-state index contributed by atoms with van der Waals surface area (Å²) in [6, 6.07) is 5.43. The van der Waals surface area contributed by atoms with Crippen LogP contribution >= 0.6 is 0 Å². The fourth-order valence-electron chi connectivity index (χ4n) is 2.53. The van der Waals surface area contributed by atoms with Crippen LogP contribution in [0.1, 0.15) is 24.1 Å². The third-order valence-corrected chi connectivity index (χ3v) is 3.74. The van der Waals surface area contributed by atoms with Gasteiger partial charge in [0.25, 0.3) is 0 Å². The summed E-state index contributed by atoms with van der Waals surface area (Å²) in [6.07, 6.45) is 0.386. The first kappa shape index (κ1) is 13.5. The second-order valence-electron chi connectivity index (χ2n) is 4.91. The zero-order valence-corrected chi connectivity index (χ0v) is 11.3. The number of rotatable bonds is 4. The molecule has 5 heteroatoms. The number of anilines is 1. The Kier molecular flexibility index (Phi) is 3.57. The zero-order valence-electron chi connectivity index (χ0n) is 11.3. The van der Waals surface area contributed by atoms with Crippen molar-refractivity contribution in [3.8, 4) is 0 Å². The summed E-state index contributed by atoms with van der Waals surface area (Å²) in [5.41, 5.74) is 2.77. The Balaban J connectivity index is 2.35. The standard InChI is InChI=1S/C14H18N2O3/c1-8(14(18)19)13(15-2)9-4-5-11-10(6-9)7-12(17)16(11)3/h4-6,8,13,15H,7H2,1-3H3,(H,18,19). The van der Waals surface area contributed by atoms with Crippen molar-refractivity contribution in [3.63, 3.8) is 0 Å². The van der Waals surface area contributed by atoms with Crippen LogP contribution in [0, 0.1) is 5.92 Å². The quantitative estimate of drug-likeness (QED) is 0.855. The van der Waals surface area contributed by atoms with Gasteiger partial charge in [-0.25, -0.2) is 0 Å². The predicted molar refractivity (Wildman–Crippen MR) is 72.2 cm³/mol. The maximum absolute atomic E-state index is 11.6. The number of benzene rings is 1. The Bertz CT molecular complexity index is 527. The highest BCUT2D eigenvalue weighted by molar-refractivity contribution is 6.00. The number of nitrogens with zero attached hydrogens (tertiary/aromatic N) is 1. The normalized spacial score (nSPS) is 17.2. The van der Waals surface area contributed by atoms with E-state index in [4.69, 9.17) is 5.11 Å². The molecule has 2 atom stereocenters. The molecule has 0 saturated heterocycles. The van der Waals surface area contributed by atoms with Crippen molar-refractivity contribution in [1.29, 1.82) is 0 Å². The van der Waals surface area contributed by atoms with Gasteiger partial charge in [0.1, 0.15) is 0 Å². The van der Waals surface area contributed by atoms with Gasteiger partial charge in [0.2, 0.25) is 5.91 Å². The number of nitrogens with one attached hydrogen (secondary N) is 1. The van der Waals surface area contributed by atoms with Crippen LogP contribution in [0.5, 0.6) is 0 Å². The molecule has 0 aromatic heterocycles. The molecule has 0 bridgehead atoms. The van der Waals surface area contributed by atoms with Crippen molar-refractivity contribution >= 4 is 17.6 Å². The van der Waals surface area contributed by atoms with Crippen molar-refractivity contribution in [3.05, 3.63) is 29.3 Å². The van der Waals surface area contributed by atoms with E-state index in [1.807, 2.05) is 18.2 Å². The van der Waals surface area contributed by atoms with Gasteiger partial charge in [-0.1, -0.05) is 19.1 Å². The summed E-state index contributed by atoms with van der Waals surface area (Å²) in [6.45, 7) is 1.67. The second-order valence-corrected chi connectivity index (χ2v) is 4.91. The van der Waals surface area contributed by atoms with Gasteiger partial charge in [-0.3, -0.25) is 9.59 Å². The van der Waals surface area contributed by atoms with Crippen LogP contribution in [0.3, 0.4) is 0 Å². The molecule has 1 aliphatic heterocycles. The number of carbonyl (C=O) groups is 2. The molecule has 0 fully saturated rings. The van der Waals surface area contributed by atoms with Crippen LogP contribution < -0.4 is 10.2 Å². The monoisotopic (exact) mass is 262 g/mol. The number of carboxylic acid groups (broad SMARTS) is 1. The molecule has 2 rings (SSSR count). The molecule has 2 N–H and O–H groups in total. The van der Waals surface area contributed by atoms with Gasteiger partial charge in [-0.2, -0.15) is 0 Å². The first-order valence-electron chi connectivity index (χ1n) is 6.25. The highest BCUT2D eigenvalue weighted by Crippen LogP contribution is 2.32. The van der Waals surface area contributed by atoms with Crippen LogP contribution in [0.15, 0.2) is 18.2 Å². The minimum Gasteiger partial charge on any atom is -0.481 e.